The molecule has 0 saturated carbocycles. The van der Waals surface area contributed by atoms with Crippen LogP contribution in [0.4, 0.5) is 5.69 Å². The van der Waals surface area contributed by atoms with E-state index < -0.39 is 0 Å². The average Bonchev–Trinajstić information content (AvgIpc) is 2.47. The van der Waals surface area contributed by atoms with Crippen molar-refractivity contribution in [1.29, 1.82) is 0 Å². The van der Waals surface area contributed by atoms with Crippen LogP contribution < -0.4 is 0 Å². The topological polar surface area (TPSA) is 12.4 Å². The SMILES string of the molecule is CC(C)c1cccc(C(C)C)c1/N=C(/Cl)c1ccccc1. The van der Waals surface area contributed by atoms with Gasteiger partial charge in [-0.1, -0.05) is 87.8 Å². The van der Waals surface area contributed by atoms with Gasteiger partial charge in [0.15, 0.2) is 0 Å². The molecule has 2 heteroatoms. The third-order valence-electron chi connectivity index (χ3n) is 3.56. The van der Waals surface area contributed by atoms with Crippen LogP contribution in [0.3, 0.4) is 0 Å². The summed E-state index contributed by atoms with van der Waals surface area (Å²) in [5.74, 6) is 0.838. The summed E-state index contributed by atoms with van der Waals surface area (Å²) in [5, 5.41) is 0.547. The summed E-state index contributed by atoms with van der Waals surface area (Å²) in [6.45, 7) is 8.76. The van der Waals surface area contributed by atoms with E-state index in [-0.39, 0.29) is 0 Å². The van der Waals surface area contributed by atoms with Crippen molar-refractivity contribution in [3.8, 4) is 0 Å². The molecule has 21 heavy (non-hydrogen) atoms. The molecule has 0 aliphatic heterocycles. The maximum Gasteiger partial charge on any atom is 0.136 e. The lowest BCUT2D eigenvalue weighted by atomic mass is 9.93. The van der Waals surface area contributed by atoms with Crippen LogP contribution >= 0.6 is 11.6 Å². The van der Waals surface area contributed by atoms with Gasteiger partial charge >= 0.3 is 0 Å². The van der Waals surface area contributed by atoms with Gasteiger partial charge in [0.05, 0.1) is 5.69 Å². The zero-order valence-corrected chi connectivity index (χ0v) is 13.9. The van der Waals surface area contributed by atoms with Crippen molar-refractivity contribution in [3.63, 3.8) is 0 Å². The Morgan fingerprint density at radius 1 is 0.810 bits per heavy atom. The quantitative estimate of drug-likeness (QED) is 0.592. The molecule has 0 bridgehead atoms. The fourth-order valence-electron chi connectivity index (χ4n) is 2.38. The maximum atomic E-state index is 6.44. The standard InChI is InChI=1S/C19H22ClN/c1-13(2)16-11-8-12-17(14(3)4)18(16)21-19(20)15-9-6-5-7-10-15/h5-14H,1-4H3/b21-19+. The largest absolute Gasteiger partial charge is 0.235 e. The summed E-state index contributed by atoms with van der Waals surface area (Å²) in [7, 11) is 0. The van der Waals surface area contributed by atoms with Crippen molar-refractivity contribution >= 4 is 22.5 Å². The molecule has 1 nitrogen and oxygen atoms in total. The van der Waals surface area contributed by atoms with Crippen LogP contribution in [0.25, 0.3) is 0 Å². The van der Waals surface area contributed by atoms with E-state index in [1.165, 1.54) is 11.1 Å². The lowest BCUT2D eigenvalue weighted by molar-refractivity contribution is 0.835. The summed E-state index contributed by atoms with van der Waals surface area (Å²) in [5.41, 5.74) is 4.47. The van der Waals surface area contributed by atoms with E-state index in [4.69, 9.17) is 16.6 Å². The van der Waals surface area contributed by atoms with E-state index in [0.29, 0.717) is 17.0 Å². The monoisotopic (exact) mass is 299 g/mol. The highest BCUT2D eigenvalue weighted by Gasteiger charge is 2.14. The number of halogens is 1. The van der Waals surface area contributed by atoms with Gasteiger partial charge in [0.2, 0.25) is 0 Å². The molecule has 0 unspecified atom stereocenters. The number of nitrogens with zero attached hydrogens (tertiary/aromatic N) is 1. The van der Waals surface area contributed by atoms with E-state index in [1.54, 1.807) is 0 Å². The number of benzene rings is 2. The molecule has 0 radical (unpaired) electrons. The minimum Gasteiger partial charge on any atom is -0.235 e. The van der Waals surface area contributed by atoms with Gasteiger partial charge in [-0.05, 0) is 23.0 Å². The van der Waals surface area contributed by atoms with Gasteiger partial charge in [0.25, 0.3) is 0 Å². The first-order chi connectivity index (χ1) is 10.0. The Kier molecular flexibility index (Phi) is 5.19. The van der Waals surface area contributed by atoms with Gasteiger partial charge in [-0.2, -0.15) is 0 Å². The first kappa shape index (κ1) is 15.8. The Morgan fingerprint density at radius 3 is 1.81 bits per heavy atom. The van der Waals surface area contributed by atoms with Crippen molar-refractivity contribution in [2.45, 2.75) is 39.5 Å². The number of hydrogen-bond donors (Lipinski definition) is 0. The summed E-state index contributed by atoms with van der Waals surface area (Å²) in [6, 6.07) is 16.3. The summed E-state index contributed by atoms with van der Waals surface area (Å²) in [6.07, 6.45) is 0. The third kappa shape index (κ3) is 3.74. The van der Waals surface area contributed by atoms with Crippen LogP contribution in [-0.2, 0) is 0 Å². The van der Waals surface area contributed by atoms with Gasteiger partial charge in [-0.15, -0.1) is 0 Å². The van der Waals surface area contributed by atoms with Crippen LogP contribution in [0.15, 0.2) is 53.5 Å². The van der Waals surface area contributed by atoms with Crippen LogP contribution in [0, 0.1) is 0 Å². The minimum atomic E-state index is 0.419. The number of rotatable bonds is 4. The molecule has 0 heterocycles. The van der Waals surface area contributed by atoms with Gasteiger partial charge in [0, 0.05) is 5.56 Å². The van der Waals surface area contributed by atoms with E-state index in [2.05, 4.69) is 45.9 Å². The maximum absolute atomic E-state index is 6.44. The second-order valence-electron chi connectivity index (χ2n) is 5.86. The Morgan fingerprint density at radius 2 is 1.33 bits per heavy atom. The van der Waals surface area contributed by atoms with Crippen molar-refractivity contribution < 1.29 is 0 Å². The van der Waals surface area contributed by atoms with Crippen LogP contribution in [0.5, 0.6) is 0 Å². The summed E-state index contributed by atoms with van der Waals surface area (Å²) >= 11 is 6.44. The van der Waals surface area contributed by atoms with Gasteiger partial charge in [-0.3, -0.25) is 0 Å². The van der Waals surface area contributed by atoms with Gasteiger partial charge < -0.3 is 0 Å². The molecule has 0 spiro atoms. The predicted octanol–water partition coefficient (Wildman–Crippen LogP) is 6.25. The summed E-state index contributed by atoms with van der Waals surface area (Å²) in [4.78, 5) is 4.75. The van der Waals surface area contributed by atoms with Crippen LogP contribution in [0.1, 0.15) is 56.2 Å². The molecule has 2 aromatic carbocycles. The first-order valence-electron chi connectivity index (χ1n) is 7.43. The number of aliphatic imine (C=N–C) groups is 1. The third-order valence-corrected chi connectivity index (χ3v) is 3.87. The Bertz CT molecular complexity index is 601. The molecule has 0 amide bonds. The second-order valence-corrected chi connectivity index (χ2v) is 6.22. The zero-order valence-electron chi connectivity index (χ0n) is 13.1. The molecule has 0 aliphatic rings. The lowest BCUT2D eigenvalue weighted by Gasteiger charge is -2.16. The highest BCUT2D eigenvalue weighted by Crippen LogP contribution is 2.35. The molecule has 0 atom stereocenters. The molecule has 0 aromatic heterocycles. The number of hydrogen-bond acceptors (Lipinski definition) is 1. The molecule has 110 valence electrons. The van der Waals surface area contributed by atoms with E-state index >= 15 is 0 Å². The van der Waals surface area contributed by atoms with Gasteiger partial charge in [0.1, 0.15) is 5.17 Å². The smallest absolute Gasteiger partial charge is 0.136 e. The van der Waals surface area contributed by atoms with Crippen molar-refractivity contribution in [3.05, 3.63) is 65.2 Å². The Balaban J connectivity index is 2.56. The molecule has 0 aliphatic carbocycles. The second kappa shape index (κ2) is 6.91. The van der Waals surface area contributed by atoms with Crippen molar-refractivity contribution in [2.75, 3.05) is 0 Å². The first-order valence-corrected chi connectivity index (χ1v) is 7.81. The lowest BCUT2D eigenvalue weighted by Crippen LogP contribution is -1.98. The van der Waals surface area contributed by atoms with E-state index in [9.17, 15) is 0 Å². The fourth-order valence-corrected chi connectivity index (χ4v) is 2.59. The van der Waals surface area contributed by atoms with E-state index in [0.717, 1.165) is 11.3 Å². The van der Waals surface area contributed by atoms with Crippen LogP contribution in [0.2, 0.25) is 0 Å². The Labute approximate surface area is 132 Å². The fraction of sp³-hybridized carbons (Fsp3) is 0.316. The Hall–Kier alpha value is -1.60. The summed E-state index contributed by atoms with van der Waals surface area (Å²) < 4.78 is 0. The molecule has 0 saturated heterocycles. The molecule has 0 fully saturated rings. The van der Waals surface area contributed by atoms with E-state index in [1.807, 2.05) is 30.3 Å². The highest BCUT2D eigenvalue weighted by molar-refractivity contribution is 6.69. The molecular weight excluding hydrogens is 278 g/mol. The zero-order chi connectivity index (χ0) is 15.4. The predicted molar refractivity (Wildman–Crippen MR) is 93.1 cm³/mol. The minimum absolute atomic E-state index is 0.419. The highest BCUT2D eigenvalue weighted by atomic mass is 35.5. The van der Waals surface area contributed by atoms with Crippen LogP contribution in [-0.4, -0.2) is 5.17 Å². The number of para-hydroxylation sites is 1. The normalized spacial score (nSPS) is 12.2. The molecule has 0 N–H and O–H groups in total. The van der Waals surface area contributed by atoms with Crippen molar-refractivity contribution in [1.82, 2.24) is 0 Å². The molecule has 2 aromatic rings. The molecular formula is C19H22ClN. The van der Waals surface area contributed by atoms with Crippen molar-refractivity contribution in [2.24, 2.45) is 4.99 Å². The average molecular weight is 300 g/mol. The molecule has 2 rings (SSSR count). The van der Waals surface area contributed by atoms with Gasteiger partial charge in [-0.25, -0.2) is 4.99 Å².